The molecular formula is C16H30N4O. The molecule has 1 aromatic heterocycles. The number of nitrogens with one attached hydrogen (secondary N) is 1. The van der Waals surface area contributed by atoms with E-state index in [0.29, 0.717) is 6.54 Å². The lowest BCUT2D eigenvalue weighted by Gasteiger charge is -2.19. The van der Waals surface area contributed by atoms with E-state index in [9.17, 15) is 5.11 Å². The maximum absolute atomic E-state index is 10.1. The number of β-amino-alcohol motifs (C(OH)–C–C–N with tert-alkyl or cyclic N) is 1. The third-order valence-electron chi connectivity index (χ3n) is 4.32. The number of nitrogens with zero attached hydrogens (tertiary/aromatic N) is 3. The molecule has 0 aliphatic carbocycles. The van der Waals surface area contributed by atoms with Crippen molar-refractivity contribution in [3.8, 4) is 0 Å². The Morgan fingerprint density at radius 2 is 2.00 bits per heavy atom. The third kappa shape index (κ3) is 4.53. The Morgan fingerprint density at radius 1 is 1.29 bits per heavy atom. The minimum absolute atomic E-state index is 0.283. The molecule has 0 saturated carbocycles. The van der Waals surface area contributed by atoms with Crippen molar-refractivity contribution in [2.24, 2.45) is 0 Å². The second-order valence-corrected chi connectivity index (χ2v) is 6.16. The van der Waals surface area contributed by atoms with Crippen LogP contribution in [0.25, 0.3) is 0 Å². The number of hydrogen-bond donors (Lipinski definition) is 2. The Morgan fingerprint density at radius 3 is 2.67 bits per heavy atom. The molecule has 1 saturated heterocycles. The van der Waals surface area contributed by atoms with Crippen LogP contribution in [0.1, 0.15) is 43.1 Å². The highest BCUT2D eigenvalue weighted by Gasteiger charge is 2.16. The fourth-order valence-corrected chi connectivity index (χ4v) is 3.11. The molecule has 1 unspecified atom stereocenters. The average Bonchev–Trinajstić information content (AvgIpc) is 3.03. The molecule has 21 heavy (non-hydrogen) atoms. The summed E-state index contributed by atoms with van der Waals surface area (Å²) in [6.45, 7) is 11.8. The lowest BCUT2D eigenvalue weighted by molar-refractivity contribution is 0.123. The van der Waals surface area contributed by atoms with Gasteiger partial charge in [0.15, 0.2) is 0 Å². The van der Waals surface area contributed by atoms with Crippen LogP contribution < -0.4 is 5.32 Å². The molecule has 1 aromatic rings. The third-order valence-corrected chi connectivity index (χ3v) is 4.32. The maximum Gasteiger partial charge on any atom is 0.0791 e. The summed E-state index contributed by atoms with van der Waals surface area (Å²) in [7, 11) is 0. The highest BCUT2D eigenvalue weighted by atomic mass is 16.3. The molecule has 120 valence electrons. The van der Waals surface area contributed by atoms with Gasteiger partial charge in [0.25, 0.3) is 0 Å². The Kier molecular flexibility index (Phi) is 6.21. The van der Waals surface area contributed by atoms with E-state index >= 15 is 0 Å². The van der Waals surface area contributed by atoms with Crippen LogP contribution in [0, 0.1) is 13.8 Å². The molecule has 0 radical (unpaired) electrons. The molecule has 2 rings (SSSR count). The first-order valence-electron chi connectivity index (χ1n) is 8.25. The summed E-state index contributed by atoms with van der Waals surface area (Å²) < 4.78 is 2.09. The Labute approximate surface area is 128 Å². The number of aliphatic hydroxyl groups excluding tert-OH is 1. The smallest absolute Gasteiger partial charge is 0.0791 e. The monoisotopic (exact) mass is 294 g/mol. The van der Waals surface area contributed by atoms with Crippen molar-refractivity contribution in [2.45, 2.75) is 59.2 Å². The molecule has 5 nitrogen and oxygen atoms in total. The SMILES string of the molecule is CCCn1nc(C)c(CNCC(O)CN2CCCC2)c1C. The number of hydrogen-bond acceptors (Lipinski definition) is 4. The molecule has 1 fully saturated rings. The molecule has 5 heteroatoms. The van der Waals surface area contributed by atoms with E-state index in [1.54, 1.807) is 0 Å². The van der Waals surface area contributed by atoms with Crippen molar-refractivity contribution in [1.29, 1.82) is 0 Å². The molecule has 0 bridgehead atoms. The fourth-order valence-electron chi connectivity index (χ4n) is 3.11. The van der Waals surface area contributed by atoms with Crippen LogP contribution in [0.3, 0.4) is 0 Å². The van der Waals surface area contributed by atoms with Crippen molar-refractivity contribution >= 4 is 0 Å². The molecule has 0 spiro atoms. The van der Waals surface area contributed by atoms with E-state index in [2.05, 4.69) is 40.8 Å². The van der Waals surface area contributed by atoms with Crippen molar-refractivity contribution in [2.75, 3.05) is 26.2 Å². The second-order valence-electron chi connectivity index (χ2n) is 6.16. The number of likely N-dealkylation sites (tertiary alicyclic amines) is 1. The number of rotatable bonds is 8. The number of aliphatic hydroxyl groups is 1. The highest BCUT2D eigenvalue weighted by molar-refractivity contribution is 5.24. The molecule has 1 atom stereocenters. The first-order chi connectivity index (χ1) is 10.1. The van der Waals surface area contributed by atoms with Crippen LogP contribution in [0.15, 0.2) is 0 Å². The maximum atomic E-state index is 10.1. The molecular weight excluding hydrogens is 264 g/mol. The minimum Gasteiger partial charge on any atom is -0.390 e. The molecule has 0 aromatic carbocycles. The molecule has 2 N–H and O–H groups in total. The van der Waals surface area contributed by atoms with E-state index in [1.807, 2.05) is 0 Å². The van der Waals surface area contributed by atoms with Crippen molar-refractivity contribution in [3.63, 3.8) is 0 Å². The van der Waals surface area contributed by atoms with Gasteiger partial charge in [-0.2, -0.15) is 5.10 Å². The molecule has 1 aliphatic heterocycles. The van der Waals surface area contributed by atoms with Gasteiger partial charge in [-0.1, -0.05) is 6.92 Å². The van der Waals surface area contributed by atoms with E-state index in [0.717, 1.165) is 44.8 Å². The van der Waals surface area contributed by atoms with Gasteiger partial charge in [0.2, 0.25) is 0 Å². The predicted octanol–water partition coefficient (Wildman–Crippen LogP) is 1.46. The first kappa shape index (κ1) is 16.5. The Balaban J connectivity index is 1.77. The quantitative estimate of drug-likeness (QED) is 0.762. The zero-order valence-electron chi connectivity index (χ0n) is 13.7. The zero-order chi connectivity index (χ0) is 15.2. The normalized spacial score (nSPS) is 17.5. The van der Waals surface area contributed by atoms with Gasteiger partial charge in [-0.05, 0) is 46.2 Å². The van der Waals surface area contributed by atoms with Crippen LogP contribution in [-0.4, -0.2) is 52.1 Å². The number of aryl methyl sites for hydroxylation is 2. The first-order valence-corrected chi connectivity index (χ1v) is 8.25. The van der Waals surface area contributed by atoms with Crippen molar-refractivity contribution < 1.29 is 5.11 Å². The van der Waals surface area contributed by atoms with E-state index in [4.69, 9.17) is 0 Å². The van der Waals surface area contributed by atoms with Gasteiger partial charge in [-0.3, -0.25) is 4.68 Å². The summed E-state index contributed by atoms with van der Waals surface area (Å²) in [5.41, 5.74) is 3.62. The van der Waals surface area contributed by atoms with Crippen LogP contribution in [0.2, 0.25) is 0 Å². The minimum atomic E-state index is -0.283. The Bertz CT molecular complexity index is 438. The van der Waals surface area contributed by atoms with Gasteiger partial charge < -0.3 is 15.3 Å². The van der Waals surface area contributed by atoms with Gasteiger partial charge in [-0.15, -0.1) is 0 Å². The van der Waals surface area contributed by atoms with Gasteiger partial charge in [0, 0.05) is 37.4 Å². The van der Waals surface area contributed by atoms with Crippen LogP contribution >= 0.6 is 0 Å². The van der Waals surface area contributed by atoms with Gasteiger partial charge in [0.05, 0.1) is 11.8 Å². The lowest BCUT2D eigenvalue weighted by atomic mass is 10.2. The summed E-state index contributed by atoms with van der Waals surface area (Å²) in [5, 5.41) is 18.1. The molecule has 1 aliphatic rings. The molecule has 0 amide bonds. The summed E-state index contributed by atoms with van der Waals surface area (Å²) in [6, 6.07) is 0. The average molecular weight is 294 g/mol. The Hall–Kier alpha value is -0.910. The van der Waals surface area contributed by atoms with Gasteiger partial charge in [0.1, 0.15) is 0 Å². The summed E-state index contributed by atoms with van der Waals surface area (Å²) in [4.78, 5) is 2.35. The molecule has 2 heterocycles. The number of aromatic nitrogens is 2. The van der Waals surface area contributed by atoms with Crippen LogP contribution in [-0.2, 0) is 13.1 Å². The topological polar surface area (TPSA) is 53.3 Å². The van der Waals surface area contributed by atoms with E-state index < -0.39 is 0 Å². The van der Waals surface area contributed by atoms with Crippen molar-refractivity contribution in [1.82, 2.24) is 20.0 Å². The summed E-state index contributed by atoms with van der Waals surface area (Å²) in [5.74, 6) is 0. The standard InChI is InChI=1S/C16H30N4O/c1-4-7-20-14(3)16(13(2)18-20)11-17-10-15(21)12-19-8-5-6-9-19/h15,17,21H,4-12H2,1-3H3. The second kappa shape index (κ2) is 7.92. The van der Waals surface area contributed by atoms with E-state index in [-0.39, 0.29) is 6.10 Å². The van der Waals surface area contributed by atoms with Gasteiger partial charge in [-0.25, -0.2) is 0 Å². The van der Waals surface area contributed by atoms with Crippen LogP contribution in [0.4, 0.5) is 0 Å². The summed E-state index contributed by atoms with van der Waals surface area (Å²) in [6.07, 6.45) is 3.36. The highest BCUT2D eigenvalue weighted by Crippen LogP contribution is 2.13. The summed E-state index contributed by atoms with van der Waals surface area (Å²) >= 11 is 0. The van der Waals surface area contributed by atoms with Gasteiger partial charge >= 0.3 is 0 Å². The van der Waals surface area contributed by atoms with Crippen molar-refractivity contribution in [3.05, 3.63) is 17.0 Å². The van der Waals surface area contributed by atoms with E-state index in [1.165, 1.54) is 24.1 Å². The van der Waals surface area contributed by atoms with Crippen LogP contribution in [0.5, 0.6) is 0 Å². The lowest BCUT2D eigenvalue weighted by Crippen LogP contribution is -2.36. The fraction of sp³-hybridized carbons (Fsp3) is 0.812. The predicted molar refractivity (Wildman–Crippen MR) is 85.4 cm³/mol. The zero-order valence-corrected chi connectivity index (χ0v) is 13.7. The largest absolute Gasteiger partial charge is 0.390 e.